The van der Waals surface area contributed by atoms with Gasteiger partial charge in [0, 0.05) is 6.54 Å². The molecule has 8 heteroatoms. The predicted octanol–water partition coefficient (Wildman–Crippen LogP) is 2.74. The number of benzene rings is 2. The van der Waals surface area contributed by atoms with Gasteiger partial charge >= 0.3 is 11.7 Å². The normalized spacial score (nSPS) is 13.8. The molecule has 0 saturated carbocycles. The molecule has 148 valence electrons. The highest BCUT2D eigenvalue weighted by Crippen LogP contribution is 2.26. The van der Waals surface area contributed by atoms with Crippen molar-refractivity contribution in [3.05, 3.63) is 69.6 Å². The van der Waals surface area contributed by atoms with Crippen LogP contribution in [0.2, 0.25) is 0 Å². The second-order valence-corrected chi connectivity index (χ2v) is 8.11. The molecule has 2 aromatic carbocycles. The van der Waals surface area contributed by atoms with E-state index >= 15 is 0 Å². The lowest BCUT2D eigenvalue weighted by Crippen LogP contribution is -2.33. The van der Waals surface area contributed by atoms with Gasteiger partial charge in [0.2, 0.25) is 0 Å². The Morgan fingerprint density at radius 1 is 0.966 bits per heavy atom. The van der Waals surface area contributed by atoms with E-state index in [2.05, 4.69) is 4.98 Å². The highest BCUT2D eigenvalue weighted by molar-refractivity contribution is 6.21. The van der Waals surface area contributed by atoms with Gasteiger partial charge in [0.25, 0.3) is 11.8 Å². The standard InChI is InChI=1S/C21H19N3O5/c1-21(2,3)11-23-16-14(9-6-10-15(16)22-20(23)28)19(27)29-24-17(25)12-7-4-5-8-13(12)18(24)26/h4-10H,11H2,1-3H3,(H,22,28). The fourth-order valence-electron chi connectivity index (χ4n) is 3.39. The summed E-state index contributed by atoms with van der Waals surface area (Å²) in [6, 6.07) is 11.0. The van der Waals surface area contributed by atoms with Crippen molar-refractivity contribution in [2.45, 2.75) is 27.3 Å². The van der Waals surface area contributed by atoms with Crippen molar-refractivity contribution >= 4 is 28.8 Å². The zero-order valence-electron chi connectivity index (χ0n) is 16.2. The van der Waals surface area contributed by atoms with E-state index in [1.54, 1.807) is 24.3 Å². The maximum atomic E-state index is 12.9. The van der Waals surface area contributed by atoms with Crippen LogP contribution in [0.3, 0.4) is 0 Å². The molecule has 3 aromatic rings. The van der Waals surface area contributed by atoms with Crippen LogP contribution < -0.4 is 5.69 Å². The van der Waals surface area contributed by atoms with E-state index in [1.165, 1.54) is 22.8 Å². The van der Waals surface area contributed by atoms with Crippen molar-refractivity contribution in [3.8, 4) is 0 Å². The van der Waals surface area contributed by atoms with Crippen LogP contribution in [-0.2, 0) is 11.4 Å². The van der Waals surface area contributed by atoms with E-state index in [-0.39, 0.29) is 27.8 Å². The highest BCUT2D eigenvalue weighted by atomic mass is 16.7. The van der Waals surface area contributed by atoms with Gasteiger partial charge in [-0.15, -0.1) is 0 Å². The molecule has 2 heterocycles. The minimum atomic E-state index is -0.897. The number of imidazole rings is 1. The van der Waals surface area contributed by atoms with E-state index in [9.17, 15) is 19.2 Å². The number of carbonyl (C=O) groups is 3. The van der Waals surface area contributed by atoms with Crippen LogP contribution in [0, 0.1) is 5.41 Å². The van der Waals surface area contributed by atoms with Gasteiger partial charge in [-0.1, -0.05) is 44.0 Å². The summed E-state index contributed by atoms with van der Waals surface area (Å²) in [7, 11) is 0. The summed E-state index contributed by atoms with van der Waals surface area (Å²) in [4.78, 5) is 58.1. The Morgan fingerprint density at radius 3 is 2.17 bits per heavy atom. The molecule has 0 fully saturated rings. The SMILES string of the molecule is CC(C)(C)Cn1c(=O)[nH]c2cccc(C(=O)ON3C(=O)c4ccccc4C3=O)c21. The van der Waals surface area contributed by atoms with E-state index in [1.807, 2.05) is 20.8 Å². The summed E-state index contributed by atoms with van der Waals surface area (Å²) in [5, 5.41) is 0.463. The first kappa shape index (κ1) is 18.7. The Morgan fingerprint density at radius 2 is 1.59 bits per heavy atom. The maximum Gasteiger partial charge on any atom is 0.366 e. The second-order valence-electron chi connectivity index (χ2n) is 8.11. The molecule has 1 N–H and O–H groups in total. The molecule has 0 atom stereocenters. The first-order valence-corrected chi connectivity index (χ1v) is 9.09. The monoisotopic (exact) mass is 393 g/mol. The molecule has 1 aromatic heterocycles. The number of H-pyrrole nitrogens is 1. The number of carbonyl (C=O) groups excluding carboxylic acids is 3. The smallest absolute Gasteiger partial charge is 0.324 e. The molecule has 1 aliphatic rings. The lowest BCUT2D eigenvalue weighted by Gasteiger charge is -2.19. The Labute approximate surface area is 165 Å². The fraction of sp³-hybridized carbons (Fsp3) is 0.238. The Kier molecular flexibility index (Phi) is 4.15. The zero-order valence-corrected chi connectivity index (χ0v) is 16.2. The van der Waals surface area contributed by atoms with Crippen LogP contribution in [0.4, 0.5) is 0 Å². The number of amides is 2. The van der Waals surface area contributed by atoms with Gasteiger partial charge in [-0.25, -0.2) is 9.59 Å². The first-order valence-electron chi connectivity index (χ1n) is 9.09. The minimum absolute atomic E-state index is 0.0849. The molecule has 8 nitrogen and oxygen atoms in total. The van der Waals surface area contributed by atoms with E-state index in [0.29, 0.717) is 22.6 Å². The van der Waals surface area contributed by atoms with Crippen molar-refractivity contribution < 1.29 is 19.2 Å². The zero-order chi connectivity index (χ0) is 20.9. The molecule has 0 spiro atoms. The number of hydrogen-bond acceptors (Lipinski definition) is 5. The van der Waals surface area contributed by atoms with Gasteiger partial charge in [0.15, 0.2) is 0 Å². The van der Waals surface area contributed by atoms with Gasteiger partial charge in [0.1, 0.15) is 0 Å². The van der Waals surface area contributed by atoms with Crippen LogP contribution >= 0.6 is 0 Å². The van der Waals surface area contributed by atoms with Crippen molar-refractivity contribution in [2.75, 3.05) is 0 Å². The van der Waals surface area contributed by atoms with Crippen LogP contribution in [-0.4, -0.2) is 32.4 Å². The number of imide groups is 1. The first-order chi connectivity index (χ1) is 13.7. The fourth-order valence-corrected chi connectivity index (χ4v) is 3.39. The molecule has 29 heavy (non-hydrogen) atoms. The highest BCUT2D eigenvalue weighted by Gasteiger charge is 2.39. The average molecular weight is 393 g/mol. The topological polar surface area (TPSA) is 101 Å². The molecule has 0 bridgehead atoms. The van der Waals surface area contributed by atoms with Gasteiger partial charge in [-0.3, -0.25) is 14.2 Å². The molecular weight excluding hydrogens is 374 g/mol. The third-order valence-corrected chi connectivity index (χ3v) is 4.58. The van der Waals surface area contributed by atoms with Crippen LogP contribution in [0.15, 0.2) is 47.3 Å². The van der Waals surface area contributed by atoms with Gasteiger partial charge in [0.05, 0.1) is 27.7 Å². The summed E-state index contributed by atoms with van der Waals surface area (Å²) in [6.45, 7) is 6.27. The molecule has 0 aliphatic carbocycles. The molecule has 0 unspecified atom stereocenters. The molecule has 0 radical (unpaired) electrons. The number of fused-ring (bicyclic) bond motifs is 2. The van der Waals surface area contributed by atoms with E-state index in [0.717, 1.165) is 0 Å². The van der Waals surface area contributed by atoms with Gasteiger partial charge in [-0.2, -0.15) is 0 Å². The predicted molar refractivity (Wildman–Crippen MR) is 104 cm³/mol. The lowest BCUT2D eigenvalue weighted by atomic mass is 9.96. The largest absolute Gasteiger partial charge is 0.366 e. The van der Waals surface area contributed by atoms with Crippen molar-refractivity contribution in [3.63, 3.8) is 0 Å². The quantitative estimate of drug-likeness (QED) is 0.690. The lowest BCUT2D eigenvalue weighted by molar-refractivity contribution is -0.0583. The third-order valence-electron chi connectivity index (χ3n) is 4.58. The van der Waals surface area contributed by atoms with Crippen LogP contribution in [0.5, 0.6) is 0 Å². The number of rotatable bonds is 3. The second kappa shape index (κ2) is 6.44. The number of aromatic amines is 1. The summed E-state index contributed by atoms with van der Waals surface area (Å²) in [5.41, 5.74) is 0.700. The summed E-state index contributed by atoms with van der Waals surface area (Å²) in [5.74, 6) is -2.30. The van der Waals surface area contributed by atoms with E-state index in [4.69, 9.17) is 4.84 Å². The van der Waals surface area contributed by atoms with Crippen LogP contribution in [0.1, 0.15) is 51.8 Å². The number of nitrogens with one attached hydrogen (secondary N) is 1. The summed E-state index contributed by atoms with van der Waals surface area (Å²) in [6.07, 6.45) is 0. The Balaban J connectivity index is 1.73. The number of hydroxylamine groups is 2. The maximum absolute atomic E-state index is 12.9. The molecule has 4 rings (SSSR count). The van der Waals surface area contributed by atoms with Crippen molar-refractivity contribution in [1.82, 2.24) is 14.6 Å². The number of para-hydroxylation sites is 1. The average Bonchev–Trinajstić information content (AvgIpc) is 3.10. The van der Waals surface area contributed by atoms with Gasteiger partial charge < -0.3 is 9.82 Å². The summed E-state index contributed by atoms with van der Waals surface area (Å²) >= 11 is 0. The molecule has 2 amide bonds. The molecular formula is C21H19N3O5. The number of nitrogens with zero attached hydrogens (tertiary/aromatic N) is 2. The van der Waals surface area contributed by atoms with Crippen molar-refractivity contribution in [1.29, 1.82) is 0 Å². The van der Waals surface area contributed by atoms with Crippen molar-refractivity contribution in [2.24, 2.45) is 5.41 Å². The van der Waals surface area contributed by atoms with Crippen LogP contribution in [0.25, 0.3) is 11.0 Å². The van der Waals surface area contributed by atoms with Gasteiger partial charge in [-0.05, 0) is 29.7 Å². The molecule has 0 saturated heterocycles. The summed E-state index contributed by atoms with van der Waals surface area (Å²) < 4.78 is 1.47. The van der Waals surface area contributed by atoms with E-state index < -0.39 is 17.8 Å². The Bertz CT molecular complexity index is 1190. The molecule has 1 aliphatic heterocycles. The number of aromatic nitrogens is 2. The minimum Gasteiger partial charge on any atom is -0.324 e. The Hall–Kier alpha value is -3.68. The number of hydrogen-bond donors (Lipinski definition) is 1. The third kappa shape index (κ3) is 3.12.